The van der Waals surface area contributed by atoms with E-state index in [9.17, 15) is 9.59 Å². The average Bonchev–Trinajstić information content (AvgIpc) is 2.88. The second-order valence-electron chi connectivity index (χ2n) is 5.38. The number of hydrogen-bond acceptors (Lipinski definition) is 4. The highest BCUT2D eigenvalue weighted by molar-refractivity contribution is 5.75. The number of rotatable bonds is 5. The van der Waals surface area contributed by atoms with Gasteiger partial charge in [0.1, 0.15) is 0 Å². The van der Waals surface area contributed by atoms with Gasteiger partial charge in [-0.2, -0.15) is 0 Å². The molecule has 1 heterocycles. The van der Waals surface area contributed by atoms with Crippen LogP contribution in [0.1, 0.15) is 18.9 Å². The minimum Gasteiger partial charge on any atom is -0.469 e. The maximum atomic E-state index is 11.9. The minimum absolute atomic E-state index is 0.0124. The highest BCUT2D eigenvalue weighted by atomic mass is 16.5. The molecule has 114 valence electrons. The number of nitrogens with one attached hydrogen (secondary N) is 1. The lowest BCUT2D eigenvalue weighted by atomic mass is 10.0. The maximum Gasteiger partial charge on any atom is 0.310 e. The molecule has 5 heteroatoms. The van der Waals surface area contributed by atoms with E-state index in [1.54, 1.807) is 0 Å². The fourth-order valence-electron chi connectivity index (χ4n) is 2.88. The SMILES string of the molecule is COC(=O)C1CCN(Cc2ccccc2)C1CNC(C)=O. The molecule has 0 spiro atoms. The Bertz CT molecular complexity index is 490. The molecule has 1 saturated heterocycles. The zero-order chi connectivity index (χ0) is 15.2. The molecule has 2 atom stereocenters. The van der Waals surface area contributed by atoms with Crippen LogP contribution in [-0.4, -0.2) is 43.0 Å². The zero-order valence-corrected chi connectivity index (χ0v) is 12.5. The Morgan fingerprint density at radius 2 is 2.05 bits per heavy atom. The van der Waals surface area contributed by atoms with Gasteiger partial charge in [-0.1, -0.05) is 30.3 Å². The van der Waals surface area contributed by atoms with Crippen LogP contribution in [0.5, 0.6) is 0 Å². The van der Waals surface area contributed by atoms with E-state index in [1.807, 2.05) is 18.2 Å². The molecule has 21 heavy (non-hydrogen) atoms. The zero-order valence-electron chi connectivity index (χ0n) is 12.5. The molecule has 1 aromatic rings. The van der Waals surface area contributed by atoms with Gasteiger partial charge in [-0.15, -0.1) is 0 Å². The van der Waals surface area contributed by atoms with E-state index in [2.05, 4.69) is 22.3 Å². The number of amides is 1. The van der Waals surface area contributed by atoms with Crippen molar-refractivity contribution in [2.75, 3.05) is 20.2 Å². The van der Waals surface area contributed by atoms with Crippen LogP contribution in [0, 0.1) is 5.92 Å². The van der Waals surface area contributed by atoms with Gasteiger partial charge in [0.15, 0.2) is 0 Å². The van der Waals surface area contributed by atoms with Crippen molar-refractivity contribution < 1.29 is 14.3 Å². The first-order valence-electron chi connectivity index (χ1n) is 7.22. The van der Waals surface area contributed by atoms with Crippen molar-refractivity contribution in [1.82, 2.24) is 10.2 Å². The lowest BCUT2D eigenvalue weighted by Crippen LogP contribution is -2.44. The van der Waals surface area contributed by atoms with Gasteiger partial charge in [0, 0.05) is 26.1 Å². The molecule has 0 aromatic heterocycles. The van der Waals surface area contributed by atoms with Crippen molar-refractivity contribution in [2.24, 2.45) is 5.92 Å². The molecule has 1 fully saturated rings. The van der Waals surface area contributed by atoms with Crippen molar-refractivity contribution in [3.63, 3.8) is 0 Å². The van der Waals surface area contributed by atoms with Gasteiger partial charge in [-0.25, -0.2) is 0 Å². The molecule has 2 unspecified atom stereocenters. The van der Waals surface area contributed by atoms with E-state index < -0.39 is 0 Å². The second kappa shape index (κ2) is 7.22. The number of ether oxygens (including phenoxy) is 1. The van der Waals surface area contributed by atoms with E-state index in [0.717, 1.165) is 19.5 Å². The van der Waals surface area contributed by atoms with Crippen molar-refractivity contribution in [1.29, 1.82) is 0 Å². The lowest BCUT2D eigenvalue weighted by molar-refractivity contribution is -0.146. The van der Waals surface area contributed by atoms with Crippen LogP contribution >= 0.6 is 0 Å². The monoisotopic (exact) mass is 290 g/mol. The molecule has 1 amide bonds. The van der Waals surface area contributed by atoms with E-state index in [4.69, 9.17) is 4.74 Å². The topological polar surface area (TPSA) is 58.6 Å². The molecule has 2 rings (SSSR count). The van der Waals surface area contributed by atoms with E-state index in [1.165, 1.54) is 19.6 Å². The summed E-state index contributed by atoms with van der Waals surface area (Å²) < 4.78 is 4.89. The van der Waals surface area contributed by atoms with Gasteiger partial charge in [0.25, 0.3) is 0 Å². The summed E-state index contributed by atoms with van der Waals surface area (Å²) in [6, 6.07) is 10.1. The van der Waals surface area contributed by atoms with Crippen LogP contribution in [-0.2, 0) is 20.9 Å². The summed E-state index contributed by atoms with van der Waals surface area (Å²) in [5.74, 6) is -0.448. The smallest absolute Gasteiger partial charge is 0.310 e. The Morgan fingerprint density at radius 3 is 2.67 bits per heavy atom. The molecule has 1 aliphatic heterocycles. The second-order valence-corrected chi connectivity index (χ2v) is 5.38. The first kappa shape index (κ1) is 15.5. The van der Waals surface area contributed by atoms with Crippen molar-refractivity contribution in [3.05, 3.63) is 35.9 Å². The maximum absolute atomic E-state index is 11.9. The fourth-order valence-corrected chi connectivity index (χ4v) is 2.88. The number of benzene rings is 1. The number of carbonyl (C=O) groups is 2. The van der Waals surface area contributed by atoms with Crippen molar-refractivity contribution in [2.45, 2.75) is 25.9 Å². The number of nitrogens with zero attached hydrogens (tertiary/aromatic N) is 1. The summed E-state index contributed by atoms with van der Waals surface area (Å²) >= 11 is 0. The molecule has 5 nitrogen and oxygen atoms in total. The number of esters is 1. The third-order valence-corrected chi connectivity index (χ3v) is 3.95. The van der Waals surface area contributed by atoms with Gasteiger partial charge in [-0.3, -0.25) is 14.5 Å². The lowest BCUT2D eigenvalue weighted by Gasteiger charge is -2.27. The van der Waals surface area contributed by atoms with Crippen LogP contribution in [0.2, 0.25) is 0 Å². The van der Waals surface area contributed by atoms with Crippen molar-refractivity contribution in [3.8, 4) is 0 Å². The number of carbonyl (C=O) groups excluding carboxylic acids is 2. The normalized spacial score (nSPS) is 22.0. The number of likely N-dealkylation sites (tertiary alicyclic amines) is 1. The quantitative estimate of drug-likeness (QED) is 0.828. The van der Waals surface area contributed by atoms with Crippen LogP contribution in [0.4, 0.5) is 0 Å². The highest BCUT2D eigenvalue weighted by Gasteiger charge is 2.39. The number of methoxy groups -OCH3 is 1. The third-order valence-electron chi connectivity index (χ3n) is 3.95. The Balaban J connectivity index is 2.07. The van der Waals surface area contributed by atoms with E-state index >= 15 is 0 Å². The summed E-state index contributed by atoms with van der Waals surface area (Å²) in [5.41, 5.74) is 1.20. The van der Waals surface area contributed by atoms with Gasteiger partial charge < -0.3 is 10.1 Å². The Kier molecular flexibility index (Phi) is 5.33. The van der Waals surface area contributed by atoms with Gasteiger partial charge in [0.05, 0.1) is 13.0 Å². The average molecular weight is 290 g/mol. The summed E-state index contributed by atoms with van der Waals surface area (Å²) in [5, 5.41) is 2.82. The largest absolute Gasteiger partial charge is 0.469 e. The van der Waals surface area contributed by atoms with E-state index in [0.29, 0.717) is 6.54 Å². The van der Waals surface area contributed by atoms with Crippen molar-refractivity contribution >= 4 is 11.9 Å². The predicted molar refractivity (Wildman–Crippen MR) is 79.4 cm³/mol. The first-order valence-corrected chi connectivity index (χ1v) is 7.22. The standard InChI is InChI=1S/C16H22N2O3/c1-12(19)17-10-15-14(16(20)21-2)8-9-18(15)11-13-6-4-3-5-7-13/h3-7,14-15H,8-11H2,1-2H3,(H,17,19). The van der Waals surface area contributed by atoms with Gasteiger partial charge in [-0.05, 0) is 18.5 Å². The fraction of sp³-hybridized carbons (Fsp3) is 0.500. The molecule has 0 aliphatic carbocycles. The molecule has 1 aromatic carbocycles. The molecule has 0 radical (unpaired) electrons. The first-order chi connectivity index (χ1) is 10.1. The summed E-state index contributed by atoms with van der Waals surface area (Å²) in [6.45, 7) is 3.57. The summed E-state index contributed by atoms with van der Waals surface area (Å²) in [6.07, 6.45) is 0.768. The highest BCUT2D eigenvalue weighted by Crippen LogP contribution is 2.26. The van der Waals surface area contributed by atoms with Crippen LogP contribution < -0.4 is 5.32 Å². The Hall–Kier alpha value is -1.88. The summed E-state index contributed by atoms with van der Waals surface area (Å²) in [7, 11) is 1.41. The molecule has 0 bridgehead atoms. The van der Waals surface area contributed by atoms with Crippen LogP contribution in [0.25, 0.3) is 0 Å². The molecular weight excluding hydrogens is 268 g/mol. The van der Waals surface area contributed by atoms with Crippen LogP contribution in [0.15, 0.2) is 30.3 Å². The Labute approximate surface area is 125 Å². The third kappa shape index (κ3) is 4.04. The molecule has 1 N–H and O–H groups in total. The van der Waals surface area contributed by atoms with E-state index in [-0.39, 0.29) is 23.8 Å². The predicted octanol–water partition coefficient (Wildman–Crippen LogP) is 1.19. The minimum atomic E-state index is -0.194. The number of hydrogen-bond donors (Lipinski definition) is 1. The molecule has 0 saturated carbocycles. The van der Waals surface area contributed by atoms with Crippen LogP contribution in [0.3, 0.4) is 0 Å². The molecule has 1 aliphatic rings. The van der Waals surface area contributed by atoms with Gasteiger partial charge in [0.2, 0.25) is 5.91 Å². The van der Waals surface area contributed by atoms with Gasteiger partial charge >= 0.3 is 5.97 Å². The summed E-state index contributed by atoms with van der Waals surface area (Å²) in [4.78, 5) is 25.3. The molecular formula is C16H22N2O3. The Morgan fingerprint density at radius 1 is 1.33 bits per heavy atom.